The quantitative estimate of drug-likeness (QED) is 0.784. The number of ether oxygens (including phenoxy) is 1. The van der Waals surface area contributed by atoms with Gasteiger partial charge in [-0.1, -0.05) is 24.3 Å². The normalized spacial score (nSPS) is 20.7. The van der Waals surface area contributed by atoms with Crippen LogP contribution in [0.15, 0.2) is 47.4 Å². The molecule has 0 aromatic heterocycles. The van der Waals surface area contributed by atoms with Crippen molar-refractivity contribution in [2.75, 3.05) is 6.54 Å². The summed E-state index contributed by atoms with van der Waals surface area (Å²) < 4.78 is 31.8. The van der Waals surface area contributed by atoms with Crippen LogP contribution >= 0.6 is 0 Å². The molecule has 18 heavy (non-hydrogen) atoms. The Bertz CT molecular complexity index is 522. The van der Waals surface area contributed by atoms with Crippen molar-refractivity contribution in [3.63, 3.8) is 0 Å². The Morgan fingerprint density at radius 3 is 2.56 bits per heavy atom. The highest BCUT2D eigenvalue weighted by Crippen LogP contribution is 2.23. The number of hydrogen-bond donors (Lipinski definition) is 0. The third kappa shape index (κ3) is 2.63. The molecule has 0 amide bonds. The Balaban J connectivity index is 2.26. The molecule has 0 saturated carbocycles. The Labute approximate surface area is 108 Å². The van der Waals surface area contributed by atoms with Crippen LogP contribution in [0.2, 0.25) is 0 Å². The first kappa shape index (κ1) is 13.3. The summed E-state index contributed by atoms with van der Waals surface area (Å²) in [5.74, 6) is 0. The summed E-state index contributed by atoms with van der Waals surface area (Å²) in [6.45, 7) is 4.13. The smallest absolute Gasteiger partial charge is 0.245 e. The molecule has 0 fully saturated rings. The molecule has 1 aromatic rings. The van der Waals surface area contributed by atoms with E-state index in [4.69, 9.17) is 4.74 Å². The van der Waals surface area contributed by atoms with Crippen LogP contribution in [0, 0.1) is 0 Å². The monoisotopic (exact) mass is 267 g/mol. The van der Waals surface area contributed by atoms with Crippen molar-refractivity contribution in [3.8, 4) is 0 Å². The molecule has 0 saturated heterocycles. The van der Waals surface area contributed by atoms with Crippen molar-refractivity contribution in [2.45, 2.75) is 31.1 Å². The van der Waals surface area contributed by atoms with E-state index in [2.05, 4.69) is 0 Å². The van der Waals surface area contributed by atoms with Crippen molar-refractivity contribution in [2.24, 2.45) is 0 Å². The van der Waals surface area contributed by atoms with Gasteiger partial charge in [-0.15, -0.1) is 0 Å². The summed E-state index contributed by atoms with van der Waals surface area (Å²) in [5, 5.41) is 0. The average Bonchev–Trinajstić information content (AvgIpc) is 2.78. The van der Waals surface area contributed by atoms with Crippen LogP contribution in [0.5, 0.6) is 0 Å². The lowest BCUT2D eigenvalue weighted by Gasteiger charge is -2.25. The minimum atomic E-state index is -3.49. The fraction of sp³-hybridized carbons (Fsp3) is 0.385. The van der Waals surface area contributed by atoms with Gasteiger partial charge in [0.25, 0.3) is 0 Å². The summed E-state index contributed by atoms with van der Waals surface area (Å²) in [4.78, 5) is 0.297. The van der Waals surface area contributed by atoms with Gasteiger partial charge in [0.1, 0.15) is 6.23 Å². The molecule has 0 radical (unpaired) electrons. The summed E-state index contributed by atoms with van der Waals surface area (Å²) in [6.07, 6.45) is 3.06. The molecule has 1 aliphatic rings. The Hall–Kier alpha value is -1.17. The van der Waals surface area contributed by atoms with E-state index in [1.807, 2.05) is 19.9 Å². The van der Waals surface area contributed by atoms with Gasteiger partial charge in [-0.3, -0.25) is 0 Å². The van der Waals surface area contributed by atoms with E-state index in [0.29, 0.717) is 11.4 Å². The molecule has 2 rings (SSSR count). The van der Waals surface area contributed by atoms with E-state index in [1.165, 1.54) is 4.31 Å². The van der Waals surface area contributed by atoms with Crippen LogP contribution in [-0.4, -0.2) is 31.6 Å². The van der Waals surface area contributed by atoms with E-state index in [0.717, 1.165) is 0 Å². The van der Waals surface area contributed by atoms with E-state index >= 15 is 0 Å². The van der Waals surface area contributed by atoms with Gasteiger partial charge in [-0.25, -0.2) is 8.42 Å². The van der Waals surface area contributed by atoms with Gasteiger partial charge in [0, 0.05) is 6.54 Å². The highest BCUT2D eigenvalue weighted by Gasteiger charge is 2.33. The molecule has 4 nitrogen and oxygen atoms in total. The van der Waals surface area contributed by atoms with Gasteiger partial charge in [-0.05, 0) is 32.1 Å². The van der Waals surface area contributed by atoms with E-state index in [9.17, 15) is 8.42 Å². The first-order chi connectivity index (χ1) is 8.51. The van der Waals surface area contributed by atoms with Gasteiger partial charge in [0.15, 0.2) is 0 Å². The number of rotatable bonds is 4. The maximum Gasteiger partial charge on any atom is 0.245 e. The SMILES string of the molecule is CC(C)OC1C=CCN1S(=O)(=O)c1ccccc1. The summed E-state index contributed by atoms with van der Waals surface area (Å²) in [5.41, 5.74) is 0. The first-order valence-electron chi connectivity index (χ1n) is 5.91. The van der Waals surface area contributed by atoms with Crippen molar-refractivity contribution in [1.82, 2.24) is 4.31 Å². The lowest BCUT2D eigenvalue weighted by Crippen LogP contribution is -2.38. The molecular formula is C13H17NO3S. The Kier molecular flexibility index (Phi) is 3.85. The van der Waals surface area contributed by atoms with Gasteiger partial charge in [-0.2, -0.15) is 4.31 Å². The topological polar surface area (TPSA) is 46.6 Å². The molecule has 0 aliphatic carbocycles. The minimum Gasteiger partial charge on any atom is -0.356 e. The second-order valence-electron chi connectivity index (χ2n) is 4.39. The lowest BCUT2D eigenvalue weighted by atomic mass is 10.4. The van der Waals surface area contributed by atoms with Crippen molar-refractivity contribution in [3.05, 3.63) is 42.5 Å². The van der Waals surface area contributed by atoms with Crippen LogP contribution in [-0.2, 0) is 14.8 Å². The van der Waals surface area contributed by atoms with Gasteiger partial charge in [0.2, 0.25) is 10.0 Å². The van der Waals surface area contributed by atoms with Gasteiger partial charge < -0.3 is 4.74 Å². The molecule has 5 heteroatoms. The zero-order valence-electron chi connectivity index (χ0n) is 10.5. The van der Waals surface area contributed by atoms with Crippen molar-refractivity contribution in [1.29, 1.82) is 0 Å². The zero-order valence-corrected chi connectivity index (χ0v) is 11.3. The first-order valence-corrected chi connectivity index (χ1v) is 7.35. The van der Waals surface area contributed by atoms with E-state index in [1.54, 1.807) is 36.4 Å². The third-order valence-electron chi connectivity index (χ3n) is 2.63. The molecule has 0 bridgehead atoms. The molecule has 0 spiro atoms. The number of sulfonamides is 1. The number of hydrogen-bond acceptors (Lipinski definition) is 3. The molecule has 1 heterocycles. The molecule has 1 unspecified atom stereocenters. The highest BCUT2D eigenvalue weighted by molar-refractivity contribution is 7.89. The second-order valence-corrected chi connectivity index (χ2v) is 6.28. The number of nitrogens with zero attached hydrogens (tertiary/aromatic N) is 1. The van der Waals surface area contributed by atoms with Crippen LogP contribution in [0.25, 0.3) is 0 Å². The summed E-state index contributed by atoms with van der Waals surface area (Å²) >= 11 is 0. The predicted molar refractivity (Wildman–Crippen MR) is 69.5 cm³/mol. The van der Waals surface area contributed by atoms with Crippen LogP contribution < -0.4 is 0 Å². The van der Waals surface area contributed by atoms with Gasteiger partial charge >= 0.3 is 0 Å². The standard InChI is InChI=1S/C13H17NO3S/c1-11(2)17-13-9-6-10-14(13)18(15,16)12-7-4-3-5-8-12/h3-9,11,13H,10H2,1-2H3. The second kappa shape index (κ2) is 5.22. The van der Waals surface area contributed by atoms with E-state index in [-0.39, 0.29) is 6.10 Å². The Morgan fingerprint density at radius 1 is 1.28 bits per heavy atom. The van der Waals surface area contributed by atoms with E-state index < -0.39 is 16.3 Å². The fourth-order valence-electron chi connectivity index (χ4n) is 1.84. The maximum atomic E-state index is 12.4. The molecule has 1 aromatic carbocycles. The molecule has 1 atom stereocenters. The molecule has 1 aliphatic heterocycles. The van der Waals surface area contributed by atoms with Crippen molar-refractivity contribution >= 4 is 10.0 Å². The highest BCUT2D eigenvalue weighted by atomic mass is 32.2. The molecular weight excluding hydrogens is 250 g/mol. The minimum absolute atomic E-state index is 0.0220. The lowest BCUT2D eigenvalue weighted by molar-refractivity contribution is -0.0139. The average molecular weight is 267 g/mol. The maximum absolute atomic E-state index is 12.4. The number of benzene rings is 1. The summed E-state index contributed by atoms with van der Waals surface area (Å²) in [7, 11) is -3.49. The third-order valence-corrected chi connectivity index (χ3v) is 4.47. The Morgan fingerprint density at radius 2 is 1.94 bits per heavy atom. The van der Waals surface area contributed by atoms with Crippen LogP contribution in [0.3, 0.4) is 0 Å². The predicted octanol–water partition coefficient (Wildman–Crippen LogP) is 2.00. The van der Waals surface area contributed by atoms with Crippen LogP contribution in [0.1, 0.15) is 13.8 Å². The molecule has 0 N–H and O–H groups in total. The molecule has 98 valence electrons. The summed E-state index contributed by atoms with van der Waals surface area (Å²) in [6, 6.07) is 8.42. The van der Waals surface area contributed by atoms with Crippen molar-refractivity contribution < 1.29 is 13.2 Å². The van der Waals surface area contributed by atoms with Gasteiger partial charge in [0.05, 0.1) is 11.0 Å². The fourth-order valence-corrected chi connectivity index (χ4v) is 3.28. The van der Waals surface area contributed by atoms with Crippen LogP contribution in [0.4, 0.5) is 0 Å². The zero-order chi connectivity index (χ0) is 13.2. The largest absolute Gasteiger partial charge is 0.356 e.